The first-order valence-electron chi connectivity index (χ1n) is 2.08. The van der Waals surface area contributed by atoms with E-state index in [0.29, 0.717) is 0 Å². The molecular weight excluding hydrogens is 116 g/mol. The molecule has 0 saturated carbocycles. The third-order valence-corrected chi connectivity index (χ3v) is 0.827. The van der Waals surface area contributed by atoms with Crippen LogP contribution in [0.4, 0.5) is 0 Å². The number of hydrogen-bond donors (Lipinski definition) is 0. The zero-order chi connectivity index (χ0) is 3.54. The van der Waals surface area contributed by atoms with Crippen molar-refractivity contribution in [1.29, 1.82) is 0 Å². The number of ether oxygens (including phenoxy) is 1. The van der Waals surface area contributed by atoms with Crippen LogP contribution in [0.3, 0.4) is 0 Å². The van der Waals surface area contributed by atoms with E-state index in [-0.39, 0.29) is 17.4 Å². The molecule has 0 aliphatic carbocycles. The van der Waals surface area contributed by atoms with E-state index in [1.807, 2.05) is 0 Å². The van der Waals surface area contributed by atoms with Gasteiger partial charge in [-0.1, -0.05) is 0 Å². The number of rotatable bonds is 0. The maximum atomic E-state index is 4.94. The van der Waals surface area contributed by atoms with Crippen LogP contribution in [0.5, 0.6) is 0 Å². The first-order valence-corrected chi connectivity index (χ1v) is 2.08. The fourth-order valence-electron chi connectivity index (χ4n) is 0.510. The molecule has 0 aromatic carbocycles. The molecule has 1 aliphatic heterocycles. The van der Waals surface area contributed by atoms with Crippen molar-refractivity contribution >= 4 is 0 Å². The van der Waals surface area contributed by atoms with E-state index < -0.39 is 0 Å². The Hall–Kier alpha value is 0.492. The van der Waals surface area contributed by atoms with Gasteiger partial charge in [-0.05, 0) is 12.8 Å². The predicted octanol–water partition coefficient (Wildman–Crippen LogP) is 0.794. The standard InChI is InChI=1S/C4H8O.Cr/c1-2-4-5-3-1;/h1-4H2;. The summed E-state index contributed by atoms with van der Waals surface area (Å²) in [5.41, 5.74) is 0. The van der Waals surface area contributed by atoms with Gasteiger partial charge in [0.1, 0.15) is 0 Å². The van der Waals surface area contributed by atoms with Gasteiger partial charge in [0.2, 0.25) is 0 Å². The Labute approximate surface area is 48.8 Å². The van der Waals surface area contributed by atoms with Crippen molar-refractivity contribution in [3.63, 3.8) is 0 Å². The fraction of sp³-hybridized carbons (Fsp3) is 1.00. The van der Waals surface area contributed by atoms with E-state index in [1.165, 1.54) is 12.8 Å². The normalized spacial score (nSPS) is 20.0. The summed E-state index contributed by atoms with van der Waals surface area (Å²) in [6.07, 6.45) is 2.56. The predicted molar refractivity (Wildman–Crippen MR) is 20.1 cm³/mol. The van der Waals surface area contributed by atoms with Gasteiger partial charge in [-0.15, -0.1) is 0 Å². The molecule has 0 aromatic rings. The summed E-state index contributed by atoms with van der Waals surface area (Å²) in [4.78, 5) is 0. The molecule has 1 fully saturated rings. The minimum absolute atomic E-state index is 0. The van der Waals surface area contributed by atoms with Gasteiger partial charge in [-0.2, -0.15) is 0 Å². The smallest absolute Gasteiger partial charge is 0.0466 e. The van der Waals surface area contributed by atoms with Gasteiger partial charge in [-0.25, -0.2) is 0 Å². The van der Waals surface area contributed by atoms with Gasteiger partial charge in [0.05, 0.1) is 0 Å². The molecule has 0 amide bonds. The molecule has 0 bridgehead atoms. The molecule has 36 valence electrons. The Bertz CT molecular complexity index is 19.1. The van der Waals surface area contributed by atoms with Crippen molar-refractivity contribution < 1.29 is 22.1 Å². The molecule has 2 heteroatoms. The van der Waals surface area contributed by atoms with Crippen LogP contribution in [0.25, 0.3) is 0 Å². The van der Waals surface area contributed by atoms with Gasteiger partial charge in [0, 0.05) is 30.6 Å². The van der Waals surface area contributed by atoms with Crippen LogP contribution in [-0.2, 0) is 22.1 Å². The van der Waals surface area contributed by atoms with E-state index in [9.17, 15) is 0 Å². The summed E-state index contributed by atoms with van der Waals surface area (Å²) in [6.45, 7) is 2.00. The van der Waals surface area contributed by atoms with Gasteiger partial charge in [0.15, 0.2) is 0 Å². The maximum absolute atomic E-state index is 4.94. The molecule has 1 aliphatic rings. The molecule has 0 spiro atoms. The van der Waals surface area contributed by atoms with Crippen molar-refractivity contribution in [2.45, 2.75) is 12.8 Å². The van der Waals surface area contributed by atoms with Crippen molar-refractivity contribution in [3.8, 4) is 0 Å². The summed E-state index contributed by atoms with van der Waals surface area (Å²) in [6, 6.07) is 0. The second-order valence-corrected chi connectivity index (χ2v) is 1.32. The first-order chi connectivity index (χ1) is 2.50. The molecular formula is C4H8CrO. The Morgan fingerprint density at radius 3 is 1.67 bits per heavy atom. The van der Waals surface area contributed by atoms with Crippen LogP contribution in [0.1, 0.15) is 12.8 Å². The molecule has 6 heavy (non-hydrogen) atoms. The quantitative estimate of drug-likeness (QED) is 0.464. The third kappa shape index (κ3) is 1.82. The van der Waals surface area contributed by atoms with E-state index in [2.05, 4.69) is 0 Å². The summed E-state index contributed by atoms with van der Waals surface area (Å²) < 4.78 is 4.94. The Morgan fingerprint density at radius 1 is 1.00 bits per heavy atom. The van der Waals surface area contributed by atoms with E-state index >= 15 is 0 Å². The van der Waals surface area contributed by atoms with E-state index in [0.717, 1.165) is 13.2 Å². The monoisotopic (exact) mass is 124 g/mol. The largest absolute Gasteiger partial charge is 0.381 e. The van der Waals surface area contributed by atoms with Crippen LogP contribution in [-0.4, -0.2) is 13.2 Å². The molecule has 0 unspecified atom stereocenters. The first kappa shape index (κ1) is 6.49. The zero-order valence-electron chi connectivity index (χ0n) is 3.64. The van der Waals surface area contributed by atoms with Crippen LogP contribution >= 0.6 is 0 Å². The average molecular weight is 124 g/mol. The summed E-state index contributed by atoms with van der Waals surface area (Å²) in [5, 5.41) is 0. The SMILES string of the molecule is C1CCOC1.[Cr]. The van der Waals surface area contributed by atoms with Crippen molar-refractivity contribution in [1.82, 2.24) is 0 Å². The minimum Gasteiger partial charge on any atom is -0.381 e. The molecule has 0 radical (unpaired) electrons. The average Bonchev–Trinajstić information content (AvgIpc) is 1.76. The second kappa shape index (κ2) is 3.67. The summed E-state index contributed by atoms with van der Waals surface area (Å²) in [5.74, 6) is 0. The zero-order valence-corrected chi connectivity index (χ0v) is 4.92. The molecule has 1 rings (SSSR count). The summed E-state index contributed by atoms with van der Waals surface area (Å²) >= 11 is 0. The van der Waals surface area contributed by atoms with Gasteiger partial charge in [0.25, 0.3) is 0 Å². The van der Waals surface area contributed by atoms with Crippen molar-refractivity contribution in [2.75, 3.05) is 13.2 Å². The molecule has 1 heterocycles. The maximum Gasteiger partial charge on any atom is 0.0466 e. The topological polar surface area (TPSA) is 9.23 Å². The van der Waals surface area contributed by atoms with Gasteiger partial charge >= 0.3 is 0 Å². The van der Waals surface area contributed by atoms with Crippen LogP contribution in [0, 0.1) is 0 Å². The van der Waals surface area contributed by atoms with Crippen LogP contribution in [0.2, 0.25) is 0 Å². The van der Waals surface area contributed by atoms with E-state index in [4.69, 9.17) is 4.74 Å². The van der Waals surface area contributed by atoms with Gasteiger partial charge < -0.3 is 4.74 Å². The Kier molecular flexibility index (Phi) is 3.98. The fourth-order valence-corrected chi connectivity index (χ4v) is 0.510. The Balaban J connectivity index is 0.000000250. The van der Waals surface area contributed by atoms with Gasteiger partial charge in [-0.3, -0.25) is 0 Å². The Morgan fingerprint density at radius 2 is 1.50 bits per heavy atom. The van der Waals surface area contributed by atoms with Crippen molar-refractivity contribution in [2.24, 2.45) is 0 Å². The third-order valence-electron chi connectivity index (χ3n) is 0.827. The minimum atomic E-state index is 0. The molecule has 0 atom stereocenters. The van der Waals surface area contributed by atoms with Crippen LogP contribution < -0.4 is 0 Å². The molecule has 1 nitrogen and oxygen atoms in total. The molecule has 0 aromatic heterocycles. The summed E-state index contributed by atoms with van der Waals surface area (Å²) in [7, 11) is 0. The number of hydrogen-bond acceptors (Lipinski definition) is 1. The van der Waals surface area contributed by atoms with Crippen LogP contribution in [0.15, 0.2) is 0 Å². The van der Waals surface area contributed by atoms with Crippen molar-refractivity contribution in [3.05, 3.63) is 0 Å². The second-order valence-electron chi connectivity index (χ2n) is 1.32. The molecule has 0 N–H and O–H groups in total. The molecule has 1 saturated heterocycles. The van der Waals surface area contributed by atoms with E-state index in [1.54, 1.807) is 0 Å².